The number of fused-ring (bicyclic) bond motifs is 1. The molecule has 2 heterocycles. The molecule has 2 amide bonds. The number of thiazole rings is 1. The van der Waals surface area contributed by atoms with Gasteiger partial charge in [-0.15, -0.1) is 22.7 Å². The lowest BCUT2D eigenvalue weighted by Gasteiger charge is -2.22. The van der Waals surface area contributed by atoms with Crippen molar-refractivity contribution in [1.29, 1.82) is 0 Å². The Balaban J connectivity index is 1.26. The molecule has 3 aromatic rings. The van der Waals surface area contributed by atoms with Crippen molar-refractivity contribution in [2.24, 2.45) is 5.92 Å². The fraction of sp³-hybridized carbons (Fsp3) is 0.400. The van der Waals surface area contributed by atoms with Gasteiger partial charge in [0.15, 0.2) is 0 Å². The van der Waals surface area contributed by atoms with Gasteiger partial charge in [0.2, 0.25) is 5.91 Å². The number of carbonyl (C=O) groups excluding carboxylic acids is 2. The zero-order valence-corrected chi connectivity index (χ0v) is 21.3. The van der Waals surface area contributed by atoms with Crippen LogP contribution in [0.2, 0.25) is 0 Å². The summed E-state index contributed by atoms with van der Waals surface area (Å²) in [4.78, 5) is 29.9. The number of hydrogen-bond acceptors (Lipinski definition) is 8. The van der Waals surface area contributed by atoms with E-state index in [-0.39, 0.29) is 11.8 Å². The number of aryl methyl sites for hydroxylation is 1. The van der Waals surface area contributed by atoms with Gasteiger partial charge in [-0.25, -0.2) is 9.78 Å². The number of amides is 2. The molecule has 1 aliphatic rings. The monoisotopic (exact) mass is 514 g/mol. The highest BCUT2D eigenvalue weighted by Crippen LogP contribution is 2.41. The highest BCUT2D eigenvalue weighted by Gasteiger charge is 2.26. The summed E-state index contributed by atoms with van der Waals surface area (Å²) in [5.74, 6) is 0.974. The van der Waals surface area contributed by atoms with E-state index in [1.54, 1.807) is 6.20 Å². The molecule has 1 unspecified atom stereocenters. The van der Waals surface area contributed by atoms with Crippen LogP contribution in [0.3, 0.4) is 0 Å². The molecular weight excluding hydrogens is 484 g/mol. The number of carbonyl (C=O) groups is 2. The predicted molar refractivity (Wildman–Crippen MR) is 139 cm³/mol. The number of hydrogen-bond donors (Lipinski definition) is 3. The first-order chi connectivity index (χ1) is 17.0. The third-order valence-corrected chi connectivity index (χ3v) is 7.84. The topological polar surface area (TPSA) is 116 Å². The second kappa shape index (κ2) is 12.0. The molecule has 1 aromatic carbocycles. The molecule has 10 heteroatoms. The fourth-order valence-electron chi connectivity index (χ4n) is 4.09. The number of para-hydroxylation sites is 1. The van der Waals surface area contributed by atoms with Crippen LogP contribution in [0.1, 0.15) is 40.8 Å². The van der Waals surface area contributed by atoms with Crippen molar-refractivity contribution in [2.75, 3.05) is 24.3 Å². The summed E-state index contributed by atoms with van der Waals surface area (Å²) in [6.45, 7) is 3.25. The van der Waals surface area contributed by atoms with Crippen LogP contribution >= 0.6 is 22.7 Å². The summed E-state index contributed by atoms with van der Waals surface area (Å²) < 4.78 is 11.1. The first-order valence-corrected chi connectivity index (χ1v) is 13.4. The zero-order valence-electron chi connectivity index (χ0n) is 19.7. The van der Waals surface area contributed by atoms with Crippen LogP contribution in [0, 0.1) is 5.92 Å². The van der Waals surface area contributed by atoms with Gasteiger partial charge in [-0.2, -0.15) is 0 Å². The van der Waals surface area contributed by atoms with Crippen molar-refractivity contribution < 1.29 is 19.1 Å². The molecule has 0 bridgehead atoms. The summed E-state index contributed by atoms with van der Waals surface area (Å²) in [5.41, 5.74) is 9.16. The maximum atomic E-state index is 12.6. The Kier molecular flexibility index (Phi) is 8.59. The highest BCUT2D eigenvalue weighted by atomic mass is 32.1. The summed E-state index contributed by atoms with van der Waals surface area (Å²) in [7, 11) is 0. The second-order valence-corrected chi connectivity index (χ2v) is 10.4. The number of nitrogens with one attached hydrogen (secondary N) is 2. The van der Waals surface area contributed by atoms with Crippen molar-refractivity contribution in [2.45, 2.75) is 45.6 Å². The number of aromatic nitrogens is 1. The molecular formula is C25H30N4O4S2. The Morgan fingerprint density at radius 1 is 1.29 bits per heavy atom. The minimum atomic E-state index is -0.435. The lowest BCUT2D eigenvalue weighted by molar-refractivity contribution is -0.116. The van der Waals surface area contributed by atoms with Gasteiger partial charge in [0.1, 0.15) is 15.8 Å². The molecule has 1 atom stereocenters. The van der Waals surface area contributed by atoms with Gasteiger partial charge >= 0.3 is 6.09 Å². The SMILES string of the molecule is CCOc1ccccc1CCC(=O)Nc1sc2c(c1N)CCC(COC(=O)NCc1nccs1)C2. The number of nitrogen functional groups attached to an aromatic ring is 1. The molecule has 0 saturated carbocycles. The van der Waals surface area contributed by atoms with E-state index in [2.05, 4.69) is 15.6 Å². The molecule has 0 aliphatic heterocycles. The maximum Gasteiger partial charge on any atom is 0.407 e. The standard InChI is InChI=1S/C25H30N4O4S2/c1-2-32-19-6-4-3-5-17(19)8-10-21(30)29-24-23(26)18-9-7-16(13-20(18)35-24)15-33-25(31)28-14-22-27-11-12-34-22/h3-6,11-12,16H,2,7-10,13-15,26H2,1H3,(H,28,31)(H,29,30). The van der Waals surface area contributed by atoms with E-state index in [4.69, 9.17) is 15.2 Å². The van der Waals surface area contributed by atoms with Crippen LogP contribution in [0.25, 0.3) is 0 Å². The molecule has 0 spiro atoms. The Hall–Kier alpha value is -3.11. The lowest BCUT2D eigenvalue weighted by atomic mass is 9.89. The number of thiophene rings is 1. The summed E-state index contributed by atoms with van der Waals surface area (Å²) in [6.07, 6.45) is 4.68. The van der Waals surface area contributed by atoms with Gasteiger partial charge < -0.3 is 25.8 Å². The van der Waals surface area contributed by atoms with Crippen LogP contribution in [-0.4, -0.2) is 30.2 Å². The Morgan fingerprint density at radius 3 is 2.94 bits per heavy atom. The van der Waals surface area contributed by atoms with E-state index in [1.165, 1.54) is 22.7 Å². The van der Waals surface area contributed by atoms with E-state index in [9.17, 15) is 9.59 Å². The average molecular weight is 515 g/mol. The number of anilines is 2. The number of nitrogens with zero attached hydrogens (tertiary/aromatic N) is 1. The van der Waals surface area contributed by atoms with Gasteiger partial charge in [0.05, 0.1) is 25.4 Å². The fourth-order valence-corrected chi connectivity index (χ4v) is 5.95. The van der Waals surface area contributed by atoms with E-state index < -0.39 is 6.09 Å². The smallest absolute Gasteiger partial charge is 0.407 e. The number of benzene rings is 1. The molecule has 4 rings (SSSR count). The Labute approximate surface area is 212 Å². The van der Waals surface area contributed by atoms with Gasteiger partial charge in [-0.3, -0.25) is 4.79 Å². The molecule has 0 saturated heterocycles. The molecule has 4 N–H and O–H groups in total. The van der Waals surface area contributed by atoms with Crippen LogP contribution in [0.15, 0.2) is 35.8 Å². The van der Waals surface area contributed by atoms with Crippen LogP contribution < -0.4 is 21.1 Å². The number of ether oxygens (including phenoxy) is 2. The van der Waals surface area contributed by atoms with Crippen LogP contribution in [0.4, 0.5) is 15.5 Å². The number of rotatable bonds is 10. The van der Waals surface area contributed by atoms with Gasteiger partial charge in [-0.05, 0) is 55.7 Å². The normalized spacial score (nSPS) is 14.7. The summed E-state index contributed by atoms with van der Waals surface area (Å²) >= 11 is 3.01. The molecule has 186 valence electrons. The molecule has 2 aromatic heterocycles. The van der Waals surface area contributed by atoms with Gasteiger partial charge in [-0.1, -0.05) is 18.2 Å². The number of nitrogens with two attached hydrogens (primary N) is 1. The van der Waals surface area contributed by atoms with Crippen LogP contribution in [-0.2, 0) is 35.3 Å². The second-order valence-electron chi connectivity index (χ2n) is 8.32. The van der Waals surface area contributed by atoms with Crippen molar-refractivity contribution >= 4 is 45.4 Å². The van der Waals surface area contributed by atoms with Crippen molar-refractivity contribution in [3.63, 3.8) is 0 Å². The van der Waals surface area contributed by atoms with E-state index >= 15 is 0 Å². The van der Waals surface area contributed by atoms with E-state index in [0.29, 0.717) is 43.3 Å². The largest absolute Gasteiger partial charge is 0.494 e. The minimum Gasteiger partial charge on any atom is -0.494 e. The van der Waals surface area contributed by atoms with Crippen LogP contribution in [0.5, 0.6) is 5.75 Å². The average Bonchev–Trinajstić information content (AvgIpc) is 3.49. The quantitative estimate of drug-likeness (QED) is 0.358. The number of alkyl carbamates (subject to hydrolysis) is 1. The Morgan fingerprint density at radius 2 is 2.14 bits per heavy atom. The third-order valence-electron chi connectivity index (χ3n) is 5.87. The van der Waals surface area contributed by atoms with E-state index in [1.807, 2.05) is 36.6 Å². The summed E-state index contributed by atoms with van der Waals surface area (Å²) in [6, 6.07) is 7.79. The lowest BCUT2D eigenvalue weighted by Crippen LogP contribution is -2.27. The van der Waals surface area contributed by atoms with Crippen molar-refractivity contribution in [1.82, 2.24) is 10.3 Å². The molecule has 0 fully saturated rings. The first kappa shape index (κ1) is 25.0. The molecule has 0 radical (unpaired) electrons. The van der Waals surface area contributed by atoms with Gasteiger partial charge in [0.25, 0.3) is 0 Å². The van der Waals surface area contributed by atoms with Crippen molar-refractivity contribution in [3.05, 3.63) is 56.9 Å². The molecule has 35 heavy (non-hydrogen) atoms. The molecule has 1 aliphatic carbocycles. The molecule has 8 nitrogen and oxygen atoms in total. The predicted octanol–water partition coefficient (Wildman–Crippen LogP) is 4.79. The third kappa shape index (κ3) is 6.73. The summed E-state index contributed by atoms with van der Waals surface area (Å²) in [5, 5.41) is 9.14. The first-order valence-electron chi connectivity index (χ1n) is 11.7. The zero-order chi connectivity index (χ0) is 24.6. The minimum absolute atomic E-state index is 0.0709. The maximum absolute atomic E-state index is 12.6. The van der Waals surface area contributed by atoms with Crippen molar-refractivity contribution in [3.8, 4) is 5.75 Å². The van der Waals surface area contributed by atoms with E-state index in [0.717, 1.165) is 46.0 Å². The highest BCUT2D eigenvalue weighted by molar-refractivity contribution is 7.17. The Bertz CT molecular complexity index is 1150. The van der Waals surface area contributed by atoms with Gasteiger partial charge in [0, 0.05) is 22.9 Å².